The summed E-state index contributed by atoms with van der Waals surface area (Å²) in [4.78, 5) is 0. The van der Waals surface area contributed by atoms with E-state index in [0.29, 0.717) is 17.1 Å². The molecule has 0 saturated carbocycles. The molecular formula is C14H12ClF3N2. The van der Waals surface area contributed by atoms with Gasteiger partial charge in [0.2, 0.25) is 0 Å². The molecule has 0 amide bonds. The third-order valence-corrected chi connectivity index (χ3v) is 3.09. The molecule has 2 nitrogen and oxygen atoms in total. The van der Waals surface area contributed by atoms with E-state index in [9.17, 15) is 13.2 Å². The lowest BCUT2D eigenvalue weighted by atomic mass is 10.1. The van der Waals surface area contributed by atoms with Crippen LogP contribution in [-0.4, -0.2) is 0 Å². The fourth-order valence-electron chi connectivity index (χ4n) is 1.72. The molecule has 0 heterocycles. The SMILES string of the molecule is Cc1ccc(N)c(Nc2ccc(C(F)(F)F)cc2Cl)c1. The van der Waals surface area contributed by atoms with Crippen LogP contribution in [0.15, 0.2) is 36.4 Å². The summed E-state index contributed by atoms with van der Waals surface area (Å²) in [7, 11) is 0. The van der Waals surface area contributed by atoms with Crippen LogP contribution in [0.1, 0.15) is 11.1 Å². The predicted octanol–water partition coefficient (Wildman–Crippen LogP) is 4.99. The van der Waals surface area contributed by atoms with E-state index in [1.54, 1.807) is 12.1 Å². The Morgan fingerprint density at radius 2 is 1.75 bits per heavy atom. The van der Waals surface area contributed by atoms with Gasteiger partial charge in [-0.1, -0.05) is 17.7 Å². The number of rotatable bonds is 2. The molecule has 0 aliphatic carbocycles. The summed E-state index contributed by atoms with van der Waals surface area (Å²) in [6.07, 6.45) is -4.41. The van der Waals surface area contributed by atoms with Gasteiger partial charge in [0, 0.05) is 0 Å². The molecule has 2 rings (SSSR count). The first-order valence-corrected chi connectivity index (χ1v) is 6.15. The zero-order valence-electron chi connectivity index (χ0n) is 10.6. The fraction of sp³-hybridized carbons (Fsp3) is 0.143. The standard InChI is InChI=1S/C14H12ClF3N2/c1-8-2-4-11(19)13(6-8)20-12-5-3-9(7-10(12)15)14(16,17)18/h2-7,20H,19H2,1H3. The van der Waals surface area contributed by atoms with E-state index < -0.39 is 11.7 Å². The van der Waals surface area contributed by atoms with Crippen LogP contribution in [0.4, 0.5) is 30.2 Å². The molecule has 0 fully saturated rings. The first-order valence-electron chi connectivity index (χ1n) is 5.77. The van der Waals surface area contributed by atoms with E-state index in [4.69, 9.17) is 17.3 Å². The first-order chi connectivity index (χ1) is 9.27. The smallest absolute Gasteiger partial charge is 0.397 e. The highest BCUT2D eigenvalue weighted by Gasteiger charge is 2.30. The molecule has 0 radical (unpaired) electrons. The largest absolute Gasteiger partial charge is 0.416 e. The quantitative estimate of drug-likeness (QED) is 0.767. The van der Waals surface area contributed by atoms with Gasteiger partial charge in [0.25, 0.3) is 0 Å². The van der Waals surface area contributed by atoms with Crippen LogP contribution in [0.3, 0.4) is 0 Å². The molecule has 0 aliphatic rings. The maximum atomic E-state index is 12.5. The van der Waals surface area contributed by atoms with Crippen LogP contribution in [-0.2, 0) is 6.18 Å². The van der Waals surface area contributed by atoms with Crippen LogP contribution in [0.2, 0.25) is 5.02 Å². The molecule has 2 aromatic carbocycles. The Kier molecular flexibility index (Phi) is 3.81. The lowest BCUT2D eigenvalue weighted by Crippen LogP contribution is -2.05. The average Bonchev–Trinajstić information content (AvgIpc) is 2.35. The number of anilines is 3. The second-order valence-electron chi connectivity index (χ2n) is 4.41. The van der Waals surface area contributed by atoms with Crippen molar-refractivity contribution in [3.8, 4) is 0 Å². The molecule has 0 aliphatic heterocycles. The van der Waals surface area contributed by atoms with Crippen molar-refractivity contribution in [2.24, 2.45) is 0 Å². The Morgan fingerprint density at radius 1 is 1.05 bits per heavy atom. The van der Waals surface area contributed by atoms with Gasteiger partial charge in [0.05, 0.1) is 27.6 Å². The maximum Gasteiger partial charge on any atom is 0.416 e. The Hall–Kier alpha value is -1.88. The van der Waals surface area contributed by atoms with Crippen LogP contribution >= 0.6 is 11.6 Å². The summed E-state index contributed by atoms with van der Waals surface area (Å²) in [5.41, 5.74) is 7.46. The molecule has 6 heteroatoms. The molecule has 2 aromatic rings. The highest BCUT2D eigenvalue weighted by Crippen LogP contribution is 2.35. The van der Waals surface area contributed by atoms with Gasteiger partial charge in [-0.15, -0.1) is 0 Å². The van der Waals surface area contributed by atoms with Crippen LogP contribution < -0.4 is 11.1 Å². The van der Waals surface area contributed by atoms with Gasteiger partial charge in [-0.25, -0.2) is 0 Å². The van der Waals surface area contributed by atoms with Gasteiger partial charge in [0.15, 0.2) is 0 Å². The minimum absolute atomic E-state index is 0.0132. The number of hydrogen-bond acceptors (Lipinski definition) is 2. The molecule has 0 aromatic heterocycles. The normalized spacial score (nSPS) is 11.4. The summed E-state index contributed by atoms with van der Waals surface area (Å²) in [5.74, 6) is 0. The molecule has 3 N–H and O–H groups in total. The molecular weight excluding hydrogens is 289 g/mol. The van der Waals surface area contributed by atoms with Gasteiger partial charge in [0.1, 0.15) is 0 Å². The highest BCUT2D eigenvalue weighted by atomic mass is 35.5. The Labute approximate surface area is 119 Å². The van der Waals surface area contributed by atoms with Crippen molar-refractivity contribution in [1.29, 1.82) is 0 Å². The number of nitrogens with two attached hydrogens (primary N) is 1. The van der Waals surface area contributed by atoms with E-state index in [1.807, 2.05) is 13.0 Å². The van der Waals surface area contributed by atoms with Gasteiger partial charge >= 0.3 is 6.18 Å². The molecule has 106 valence electrons. The first kappa shape index (κ1) is 14.5. The molecule has 20 heavy (non-hydrogen) atoms. The van der Waals surface area contributed by atoms with Crippen molar-refractivity contribution in [3.63, 3.8) is 0 Å². The molecule has 0 unspecified atom stereocenters. The third-order valence-electron chi connectivity index (χ3n) is 2.77. The van der Waals surface area contributed by atoms with E-state index >= 15 is 0 Å². The second-order valence-corrected chi connectivity index (χ2v) is 4.82. The predicted molar refractivity (Wildman–Crippen MR) is 75.3 cm³/mol. The zero-order valence-corrected chi connectivity index (χ0v) is 11.3. The van der Waals surface area contributed by atoms with Crippen LogP contribution in [0.5, 0.6) is 0 Å². The van der Waals surface area contributed by atoms with Crippen molar-refractivity contribution < 1.29 is 13.2 Å². The number of nitrogens with one attached hydrogen (secondary N) is 1. The average molecular weight is 301 g/mol. The van der Waals surface area contributed by atoms with E-state index in [-0.39, 0.29) is 5.02 Å². The molecule has 0 saturated heterocycles. The number of benzene rings is 2. The van der Waals surface area contributed by atoms with Crippen LogP contribution in [0.25, 0.3) is 0 Å². The number of alkyl halides is 3. The number of nitrogen functional groups attached to an aromatic ring is 1. The molecule has 0 bridgehead atoms. The van der Waals surface area contributed by atoms with Gasteiger partial charge in [-0.05, 0) is 42.8 Å². The van der Waals surface area contributed by atoms with Crippen molar-refractivity contribution >= 4 is 28.7 Å². The summed E-state index contributed by atoms with van der Waals surface area (Å²) in [6.45, 7) is 1.89. The van der Waals surface area contributed by atoms with Gasteiger partial charge < -0.3 is 11.1 Å². The summed E-state index contributed by atoms with van der Waals surface area (Å²) in [5, 5.41) is 2.92. The van der Waals surface area contributed by atoms with Gasteiger partial charge in [-0.3, -0.25) is 0 Å². The van der Waals surface area contributed by atoms with Crippen molar-refractivity contribution in [2.75, 3.05) is 11.1 Å². The third kappa shape index (κ3) is 3.17. The molecule has 0 spiro atoms. The van der Waals surface area contributed by atoms with E-state index in [2.05, 4.69) is 5.32 Å². The second kappa shape index (κ2) is 5.25. The number of hydrogen-bond donors (Lipinski definition) is 2. The zero-order chi connectivity index (χ0) is 14.9. The van der Waals surface area contributed by atoms with E-state index in [0.717, 1.165) is 17.7 Å². The Morgan fingerprint density at radius 3 is 2.35 bits per heavy atom. The Balaban J connectivity index is 2.33. The lowest BCUT2D eigenvalue weighted by molar-refractivity contribution is -0.137. The number of aryl methyl sites for hydroxylation is 1. The minimum atomic E-state index is -4.41. The Bertz CT molecular complexity index is 639. The van der Waals surface area contributed by atoms with Crippen molar-refractivity contribution in [1.82, 2.24) is 0 Å². The highest BCUT2D eigenvalue weighted by molar-refractivity contribution is 6.33. The summed E-state index contributed by atoms with van der Waals surface area (Å²) >= 11 is 5.87. The van der Waals surface area contributed by atoms with Crippen molar-refractivity contribution in [3.05, 3.63) is 52.5 Å². The monoisotopic (exact) mass is 300 g/mol. The lowest BCUT2D eigenvalue weighted by Gasteiger charge is -2.13. The topological polar surface area (TPSA) is 38.0 Å². The van der Waals surface area contributed by atoms with E-state index in [1.165, 1.54) is 6.07 Å². The molecule has 0 atom stereocenters. The van der Waals surface area contributed by atoms with Gasteiger partial charge in [-0.2, -0.15) is 13.2 Å². The summed E-state index contributed by atoms with van der Waals surface area (Å²) in [6, 6.07) is 8.50. The number of halogens is 4. The van der Waals surface area contributed by atoms with Crippen molar-refractivity contribution in [2.45, 2.75) is 13.1 Å². The van der Waals surface area contributed by atoms with Crippen LogP contribution in [0, 0.1) is 6.92 Å². The fourth-order valence-corrected chi connectivity index (χ4v) is 1.94. The summed E-state index contributed by atoms with van der Waals surface area (Å²) < 4.78 is 37.6. The maximum absolute atomic E-state index is 12.5. The minimum Gasteiger partial charge on any atom is -0.397 e.